The van der Waals surface area contributed by atoms with E-state index in [-0.39, 0.29) is 5.91 Å². The van der Waals surface area contributed by atoms with Gasteiger partial charge < -0.3 is 5.32 Å². The first kappa shape index (κ1) is 13.3. The number of nitrogens with one attached hydrogen (secondary N) is 1. The van der Waals surface area contributed by atoms with Gasteiger partial charge in [-0.2, -0.15) is 0 Å². The number of rotatable bonds is 2. The van der Waals surface area contributed by atoms with Crippen LogP contribution in [0.15, 0.2) is 36.5 Å². The van der Waals surface area contributed by atoms with E-state index in [1.54, 1.807) is 18.3 Å². The molecule has 0 aliphatic carbocycles. The van der Waals surface area contributed by atoms with Gasteiger partial charge in [-0.15, -0.1) is 0 Å². The molecule has 0 unspecified atom stereocenters. The maximum Gasteiger partial charge on any atom is 0.257 e. The average molecular weight is 373 g/mol. The number of pyridine rings is 1. The number of aryl methyl sites for hydroxylation is 1. The molecule has 0 fully saturated rings. The summed E-state index contributed by atoms with van der Waals surface area (Å²) >= 11 is 7.99. The fraction of sp³-hybridized carbons (Fsp3) is 0.0769. The normalized spacial score (nSPS) is 10.2. The smallest absolute Gasteiger partial charge is 0.257 e. The van der Waals surface area contributed by atoms with Crippen molar-refractivity contribution in [1.82, 2.24) is 4.98 Å². The van der Waals surface area contributed by atoms with Crippen LogP contribution < -0.4 is 5.32 Å². The molecule has 1 amide bonds. The molecule has 2 rings (SSSR count). The minimum absolute atomic E-state index is 0.208. The summed E-state index contributed by atoms with van der Waals surface area (Å²) in [6.45, 7) is 1.94. The molecule has 0 radical (unpaired) electrons. The first-order valence-electron chi connectivity index (χ1n) is 5.25. The van der Waals surface area contributed by atoms with Crippen LogP contribution in [0, 0.1) is 10.5 Å². The highest BCUT2D eigenvalue weighted by Crippen LogP contribution is 2.19. The molecule has 1 aromatic heterocycles. The predicted molar refractivity (Wildman–Crippen MR) is 81.1 cm³/mol. The van der Waals surface area contributed by atoms with Crippen LogP contribution in [-0.4, -0.2) is 10.9 Å². The molecule has 1 N–H and O–H groups in total. The summed E-state index contributed by atoms with van der Waals surface area (Å²) in [7, 11) is 0. The van der Waals surface area contributed by atoms with Gasteiger partial charge in [0.2, 0.25) is 0 Å². The fourth-order valence-corrected chi connectivity index (χ4v) is 2.21. The van der Waals surface area contributed by atoms with E-state index in [4.69, 9.17) is 11.6 Å². The van der Waals surface area contributed by atoms with Gasteiger partial charge >= 0.3 is 0 Å². The molecule has 1 heterocycles. The van der Waals surface area contributed by atoms with Crippen LogP contribution in [0.2, 0.25) is 5.02 Å². The number of nitrogens with zero attached hydrogens (tertiary/aromatic N) is 1. The zero-order valence-electron chi connectivity index (χ0n) is 9.58. The summed E-state index contributed by atoms with van der Waals surface area (Å²) in [4.78, 5) is 16.2. The zero-order chi connectivity index (χ0) is 13.1. The Balaban J connectivity index is 2.24. The topological polar surface area (TPSA) is 42.0 Å². The second kappa shape index (κ2) is 5.67. The molecule has 3 nitrogen and oxygen atoms in total. The lowest BCUT2D eigenvalue weighted by molar-refractivity contribution is 0.102. The van der Waals surface area contributed by atoms with Crippen LogP contribution >= 0.6 is 34.2 Å². The van der Waals surface area contributed by atoms with Crippen LogP contribution in [0.1, 0.15) is 15.9 Å². The third-order valence-corrected chi connectivity index (χ3v) is 3.51. The number of aromatic nitrogens is 1. The maximum atomic E-state index is 12.1. The zero-order valence-corrected chi connectivity index (χ0v) is 12.5. The van der Waals surface area contributed by atoms with Crippen LogP contribution in [-0.2, 0) is 0 Å². The Morgan fingerprint density at radius 3 is 2.83 bits per heavy atom. The van der Waals surface area contributed by atoms with E-state index < -0.39 is 0 Å². The van der Waals surface area contributed by atoms with Crippen molar-refractivity contribution in [2.24, 2.45) is 0 Å². The molecule has 0 spiro atoms. The highest BCUT2D eigenvalue weighted by Gasteiger charge is 2.11. The number of hydrogen-bond acceptors (Lipinski definition) is 2. The molecule has 0 aliphatic heterocycles. The van der Waals surface area contributed by atoms with Gasteiger partial charge in [0, 0.05) is 14.8 Å². The quantitative estimate of drug-likeness (QED) is 0.813. The SMILES string of the molecule is Cc1ccnc(NC(=O)c2cc(Cl)ccc2I)c1. The predicted octanol–water partition coefficient (Wildman–Crippen LogP) is 3.90. The fourth-order valence-electron chi connectivity index (χ4n) is 1.46. The van der Waals surface area contributed by atoms with Gasteiger partial charge in [0.1, 0.15) is 5.82 Å². The molecule has 0 atom stereocenters. The number of carbonyl (C=O) groups is 1. The Labute approximate surface area is 124 Å². The minimum Gasteiger partial charge on any atom is -0.307 e. The highest BCUT2D eigenvalue weighted by atomic mass is 127. The Morgan fingerprint density at radius 2 is 2.11 bits per heavy atom. The second-order valence-corrected chi connectivity index (χ2v) is 5.40. The summed E-state index contributed by atoms with van der Waals surface area (Å²) in [6.07, 6.45) is 1.66. The maximum absolute atomic E-state index is 12.1. The van der Waals surface area contributed by atoms with Crippen molar-refractivity contribution >= 4 is 45.9 Å². The summed E-state index contributed by atoms with van der Waals surface area (Å²) < 4.78 is 0.849. The van der Waals surface area contributed by atoms with Gasteiger partial charge in [-0.3, -0.25) is 4.79 Å². The van der Waals surface area contributed by atoms with Crippen molar-refractivity contribution in [2.45, 2.75) is 6.92 Å². The van der Waals surface area contributed by atoms with E-state index in [0.29, 0.717) is 16.4 Å². The van der Waals surface area contributed by atoms with E-state index in [9.17, 15) is 4.79 Å². The second-order valence-electron chi connectivity index (χ2n) is 3.80. The van der Waals surface area contributed by atoms with Crippen molar-refractivity contribution < 1.29 is 4.79 Å². The third kappa shape index (κ3) is 3.20. The number of anilines is 1. The summed E-state index contributed by atoms with van der Waals surface area (Å²) in [5.41, 5.74) is 1.59. The van der Waals surface area contributed by atoms with Crippen molar-refractivity contribution in [3.8, 4) is 0 Å². The minimum atomic E-state index is -0.208. The monoisotopic (exact) mass is 372 g/mol. The van der Waals surface area contributed by atoms with Gasteiger partial charge in [0.05, 0.1) is 5.56 Å². The van der Waals surface area contributed by atoms with Crippen molar-refractivity contribution in [3.63, 3.8) is 0 Å². The highest BCUT2D eigenvalue weighted by molar-refractivity contribution is 14.1. The van der Waals surface area contributed by atoms with Gasteiger partial charge in [0.15, 0.2) is 0 Å². The van der Waals surface area contributed by atoms with Gasteiger partial charge in [-0.1, -0.05) is 11.6 Å². The van der Waals surface area contributed by atoms with Crippen molar-refractivity contribution in [2.75, 3.05) is 5.32 Å². The molecule has 18 heavy (non-hydrogen) atoms. The van der Waals surface area contributed by atoms with Crippen LogP contribution in [0.3, 0.4) is 0 Å². The molecule has 1 aromatic carbocycles. The molecule has 0 saturated carbocycles. The molecule has 0 aliphatic rings. The van der Waals surface area contributed by atoms with Gasteiger partial charge in [-0.05, 0) is 65.4 Å². The standard InChI is InChI=1S/C13H10ClIN2O/c1-8-4-5-16-12(6-8)17-13(18)10-7-9(14)2-3-11(10)15/h2-7H,1H3,(H,16,17,18). The Kier molecular flexibility index (Phi) is 4.19. The molecular formula is C13H10ClIN2O. The van der Waals surface area contributed by atoms with Gasteiger partial charge in [0.25, 0.3) is 5.91 Å². The number of hydrogen-bond donors (Lipinski definition) is 1. The molecule has 5 heteroatoms. The van der Waals surface area contributed by atoms with Crippen LogP contribution in [0.25, 0.3) is 0 Å². The first-order chi connectivity index (χ1) is 8.56. The largest absolute Gasteiger partial charge is 0.307 e. The first-order valence-corrected chi connectivity index (χ1v) is 6.71. The third-order valence-electron chi connectivity index (χ3n) is 2.33. The van der Waals surface area contributed by atoms with E-state index in [0.717, 1.165) is 9.13 Å². The summed E-state index contributed by atoms with van der Waals surface area (Å²) in [5.74, 6) is 0.329. The molecule has 92 valence electrons. The van der Waals surface area contributed by atoms with Gasteiger partial charge in [-0.25, -0.2) is 4.98 Å². The van der Waals surface area contributed by atoms with E-state index in [1.807, 2.05) is 25.1 Å². The van der Waals surface area contributed by atoms with Crippen LogP contribution in [0.5, 0.6) is 0 Å². The number of benzene rings is 1. The summed E-state index contributed by atoms with van der Waals surface area (Å²) in [6, 6.07) is 8.90. The molecule has 0 bridgehead atoms. The number of carbonyl (C=O) groups excluding carboxylic acids is 1. The molecular weight excluding hydrogens is 363 g/mol. The van der Waals surface area contributed by atoms with Crippen molar-refractivity contribution in [1.29, 1.82) is 0 Å². The Bertz CT molecular complexity index is 601. The number of halogens is 2. The lowest BCUT2D eigenvalue weighted by Gasteiger charge is -2.07. The Hall–Kier alpha value is -1.14. The number of amides is 1. The molecule has 0 saturated heterocycles. The van der Waals surface area contributed by atoms with E-state index >= 15 is 0 Å². The van der Waals surface area contributed by atoms with Crippen LogP contribution in [0.4, 0.5) is 5.82 Å². The lowest BCUT2D eigenvalue weighted by Crippen LogP contribution is -2.14. The van der Waals surface area contributed by atoms with Crippen molar-refractivity contribution in [3.05, 3.63) is 56.2 Å². The average Bonchev–Trinajstić information content (AvgIpc) is 2.32. The molecule has 2 aromatic rings. The summed E-state index contributed by atoms with van der Waals surface area (Å²) in [5, 5.41) is 3.29. The lowest BCUT2D eigenvalue weighted by atomic mass is 10.2. The van der Waals surface area contributed by atoms with E-state index in [1.165, 1.54) is 0 Å². The Morgan fingerprint density at radius 1 is 1.33 bits per heavy atom. The van der Waals surface area contributed by atoms with E-state index in [2.05, 4.69) is 32.9 Å².